The Labute approximate surface area is 100 Å². The molecule has 0 aliphatic rings. The molecule has 0 unspecified atom stereocenters. The van der Waals surface area contributed by atoms with Gasteiger partial charge in [0, 0.05) is 19.9 Å². The third kappa shape index (κ3) is 3.83. The van der Waals surface area contributed by atoms with E-state index in [-0.39, 0.29) is 9.88 Å². The average Bonchev–Trinajstić information content (AvgIpc) is 2.63. The van der Waals surface area contributed by atoms with Crippen LogP contribution in [-0.2, 0) is 19.1 Å². The summed E-state index contributed by atoms with van der Waals surface area (Å²) in [6.07, 6.45) is -1.23. The number of nitrogens with zero attached hydrogens (tertiary/aromatic N) is 1. The molecule has 0 amide bonds. The van der Waals surface area contributed by atoms with Crippen LogP contribution in [0.2, 0.25) is 0 Å². The number of thiophene rings is 1. The van der Waals surface area contributed by atoms with Gasteiger partial charge in [-0.15, -0.1) is 0 Å². The maximum absolute atomic E-state index is 10.8. The summed E-state index contributed by atoms with van der Waals surface area (Å²) in [7, 11) is 0. The number of hydrogen-bond donors (Lipinski definition) is 0. The Balaban J connectivity index is 2.90. The number of hydrogen-bond acceptors (Lipinski definition) is 7. The molecule has 0 spiro atoms. The quantitative estimate of drug-likeness (QED) is 0.354. The van der Waals surface area contributed by atoms with Crippen LogP contribution in [0.15, 0.2) is 12.1 Å². The molecule has 0 atom stereocenters. The van der Waals surface area contributed by atoms with Gasteiger partial charge in [0.1, 0.15) is 0 Å². The lowest BCUT2D eigenvalue weighted by Crippen LogP contribution is -2.13. The van der Waals surface area contributed by atoms with E-state index in [1.165, 1.54) is 12.1 Å². The molecule has 8 heteroatoms. The molecule has 17 heavy (non-hydrogen) atoms. The number of carbonyl (C=O) groups excluding carboxylic acids is 2. The van der Waals surface area contributed by atoms with Crippen LogP contribution >= 0.6 is 11.3 Å². The fourth-order valence-corrected chi connectivity index (χ4v) is 1.79. The van der Waals surface area contributed by atoms with Gasteiger partial charge in [0.05, 0.1) is 9.80 Å². The van der Waals surface area contributed by atoms with Crippen molar-refractivity contribution >= 4 is 28.3 Å². The molecule has 1 aromatic heterocycles. The van der Waals surface area contributed by atoms with Gasteiger partial charge >= 0.3 is 16.9 Å². The normalized spacial score (nSPS) is 10.1. The van der Waals surface area contributed by atoms with Crippen molar-refractivity contribution in [3.63, 3.8) is 0 Å². The van der Waals surface area contributed by atoms with Gasteiger partial charge in [0.25, 0.3) is 6.29 Å². The molecule has 1 aromatic rings. The van der Waals surface area contributed by atoms with Crippen LogP contribution in [0.4, 0.5) is 5.00 Å². The number of esters is 2. The second-order valence-corrected chi connectivity index (χ2v) is 4.08. The van der Waals surface area contributed by atoms with E-state index in [2.05, 4.69) is 0 Å². The van der Waals surface area contributed by atoms with Gasteiger partial charge < -0.3 is 9.47 Å². The highest BCUT2D eigenvalue weighted by atomic mass is 32.1. The summed E-state index contributed by atoms with van der Waals surface area (Å²) < 4.78 is 9.49. The van der Waals surface area contributed by atoms with E-state index in [0.29, 0.717) is 0 Å². The lowest BCUT2D eigenvalue weighted by atomic mass is 10.4. The zero-order valence-corrected chi connectivity index (χ0v) is 9.85. The highest BCUT2D eigenvalue weighted by Gasteiger charge is 2.22. The number of rotatable bonds is 4. The SMILES string of the molecule is CC(=O)OC(OC(C)=O)c1ccc([N+](=O)[O-])s1. The van der Waals surface area contributed by atoms with Crippen molar-refractivity contribution in [2.45, 2.75) is 20.1 Å². The van der Waals surface area contributed by atoms with Gasteiger partial charge in [-0.1, -0.05) is 11.3 Å². The van der Waals surface area contributed by atoms with Gasteiger partial charge in [-0.3, -0.25) is 19.7 Å². The van der Waals surface area contributed by atoms with Crippen molar-refractivity contribution in [2.24, 2.45) is 0 Å². The van der Waals surface area contributed by atoms with E-state index in [9.17, 15) is 19.7 Å². The summed E-state index contributed by atoms with van der Waals surface area (Å²) >= 11 is 0.780. The molecule has 1 rings (SSSR count). The summed E-state index contributed by atoms with van der Waals surface area (Å²) in [6.45, 7) is 2.30. The van der Waals surface area contributed by atoms with Crippen molar-refractivity contribution in [1.82, 2.24) is 0 Å². The topological polar surface area (TPSA) is 95.7 Å². The second-order valence-electron chi connectivity index (χ2n) is 2.98. The molecule has 92 valence electrons. The van der Waals surface area contributed by atoms with E-state index in [4.69, 9.17) is 9.47 Å². The lowest BCUT2D eigenvalue weighted by molar-refractivity contribution is -0.380. The van der Waals surface area contributed by atoms with Crippen LogP contribution in [0.25, 0.3) is 0 Å². The monoisotopic (exact) mass is 259 g/mol. The fourth-order valence-electron chi connectivity index (χ4n) is 1.01. The van der Waals surface area contributed by atoms with Crippen LogP contribution in [0, 0.1) is 10.1 Å². The van der Waals surface area contributed by atoms with Crippen molar-refractivity contribution in [3.8, 4) is 0 Å². The molecular formula is C9H9NO6S. The van der Waals surface area contributed by atoms with E-state index < -0.39 is 23.2 Å². The van der Waals surface area contributed by atoms with Crippen molar-refractivity contribution < 1.29 is 24.0 Å². The maximum atomic E-state index is 10.8. The molecular weight excluding hydrogens is 250 g/mol. The summed E-state index contributed by atoms with van der Waals surface area (Å²) in [6, 6.07) is 2.62. The summed E-state index contributed by atoms with van der Waals surface area (Å²) in [5, 5.41) is 10.4. The Hall–Kier alpha value is -1.96. The van der Waals surface area contributed by atoms with Crippen LogP contribution < -0.4 is 0 Å². The Morgan fingerprint density at radius 3 is 2.18 bits per heavy atom. The first-order valence-electron chi connectivity index (χ1n) is 4.48. The van der Waals surface area contributed by atoms with Gasteiger partial charge in [0.15, 0.2) is 0 Å². The van der Waals surface area contributed by atoms with Crippen LogP contribution in [0.1, 0.15) is 25.0 Å². The van der Waals surface area contributed by atoms with Crippen LogP contribution in [0.3, 0.4) is 0 Å². The number of ether oxygens (including phenoxy) is 2. The molecule has 0 saturated carbocycles. The van der Waals surface area contributed by atoms with Gasteiger partial charge in [0.2, 0.25) is 0 Å². The van der Waals surface area contributed by atoms with E-state index in [1.54, 1.807) is 0 Å². The lowest BCUT2D eigenvalue weighted by Gasteiger charge is -2.14. The highest BCUT2D eigenvalue weighted by Crippen LogP contribution is 2.31. The molecule has 0 radical (unpaired) electrons. The summed E-state index contributed by atoms with van der Waals surface area (Å²) in [5.74, 6) is -1.29. The van der Waals surface area contributed by atoms with Gasteiger partial charge in [-0.2, -0.15) is 0 Å². The van der Waals surface area contributed by atoms with Crippen LogP contribution in [-0.4, -0.2) is 16.9 Å². The van der Waals surface area contributed by atoms with Crippen molar-refractivity contribution in [3.05, 3.63) is 27.1 Å². The summed E-state index contributed by atoms with van der Waals surface area (Å²) in [5.41, 5.74) is 0. The largest absolute Gasteiger partial charge is 0.420 e. The molecule has 0 fully saturated rings. The Kier molecular flexibility index (Phi) is 4.16. The minimum atomic E-state index is -1.23. The predicted molar refractivity (Wildman–Crippen MR) is 57.2 cm³/mol. The first-order chi connectivity index (χ1) is 7.90. The average molecular weight is 259 g/mol. The van der Waals surface area contributed by atoms with Crippen LogP contribution in [0.5, 0.6) is 0 Å². The van der Waals surface area contributed by atoms with E-state index in [1.807, 2.05) is 0 Å². The molecule has 0 saturated heterocycles. The number of carbonyl (C=O) groups is 2. The van der Waals surface area contributed by atoms with Gasteiger partial charge in [-0.25, -0.2) is 0 Å². The maximum Gasteiger partial charge on any atom is 0.324 e. The first kappa shape index (κ1) is 13.1. The molecule has 0 N–H and O–H groups in total. The Morgan fingerprint density at radius 2 is 1.82 bits per heavy atom. The minimum Gasteiger partial charge on any atom is -0.420 e. The van der Waals surface area contributed by atoms with Gasteiger partial charge in [-0.05, 0) is 6.07 Å². The third-order valence-electron chi connectivity index (χ3n) is 1.57. The zero-order chi connectivity index (χ0) is 13.0. The molecule has 0 aliphatic carbocycles. The molecule has 0 bridgehead atoms. The number of nitro groups is 1. The predicted octanol–water partition coefficient (Wildman–Crippen LogP) is 1.78. The molecule has 0 aliphatic heterocycles. The second kappa shape index (κ2) is 5.39. The summed E-state index contributed by atoms with van der Waals surface area (Å²) in [4.78, 5) is 31.8. The molecule has 0 aromatic carbocycles. The zero-order valence-electron chi connectivity index (χ0n) is 9.04. The van der Waals surface area contributed by atoms with Crippen molar-refractivity contribution in [2.75, 3.05) is 0 Å². The standard InChI is InChI=1S/C9H9NO6S/c1-5(11)15-9(16-6(2)12)7-3-4-8(17-7)10(13)14/h3-4,9H,1-2H3. The Bertz CT molecular complexity index is 438. The Morgan fingerprint density at radius 1 is 1.29 bits per heavy atom. The fraction of sp³-hybridized carbons (Fsp3) is 0.333. The van der Waals surface area contributed by atoms with Crippen molar-refractivity contribution in [1.29, 1.82) is 0 Å². The van der Waals surface area contributed by atoms with E-state index in [0.717, 1.165) is 25.2 Å². The smallest absolute Gasteiger partial charge is 0.324 e. The highest BCUT2D eigenvalue weighted by molar-refractivity contribution is 7.15. The van der Waals surface area contributed by atoms with E-state index >= 15 is 0 Å². The molecule has 7 nitrogen and oxygen atoms in total. The molecule has 1 heterocycles. The minimum absolute atomic E-state index is 0.121. The first-order valence-corrected chi connectivity index (χ1v) is 5.30. The third-order valence-corrected chi connectivity index (χ3v) is 2.63.